The number of rotatable bonds is 10. The van der Waals surface area contributed by atoms with E-state index in [4.69, 9.17) is 16.9 Å². The van der Waals surface area contributed by atoms with Crippen LogP contribution in [0.5, 0.6) is 0 Å². The van der Waals surface area contributed by atoms with E-state index in [9.17, 15) is 19.2 Å². The molecule has 1 aromatic rings. The number of nitrogens with one attached hydrogen (secondary N) is 2. The second-order valence-corrected chi connectivity index (χ2v) is 7.83. The predicted octanol–water partition coefficient (Wildman–Crippen LogP) is -0.336. The summed E-state index contributed by atoms with van der Waals surface area (Å²) in [5.74, 6) is -1.74. The molecule has 1 aliphatic heterocycles. The van der Waals surface area contributed by atoms with Crippen molar-refractivity contribution in [3.63, 3.8) is 0 Å². The molecule has 3 amide bonds. The molecule has 1 aromatic carbocycles. The second kappa shape index (κ2) is 11.9. The fourth-order valence-electron chi connectivity index (χ4n) is 3.90. The van der Waals surface area contributed by atoms with E-state index < -0.39 is 29.9 Å². The van der Waals surface area contributed by atoms with E-state index in [0.29, 0.717) is 38.8 Å². The standard InChI is InChI=1S/C22H31N6O4/c1-15(30)28(17(14-29)9-5-11-26-22(24)25)21(32)19-10-6-12-27(19)20(31)18(23)13-16-7-3-2-4-8-16/h2-4,7-8,17-19H,5-6,9-13,23H2,1H3,(H4,24,25,26)/t17-,18+,19-/m0/s1. The van der Waals surface area contributed by atoms with Crippen molar-refractivity contribution in [1.82, 2.24) is 15.1 Å². The van der Waals surface area contributed by atoms with Gasteiger partial charge in [-0.1, -0.05) is 30.3 Å². The van der Waals surface area contributed by atoms with Gasteiger partial charge in [-0.15, -0.1) is 0 Å². The zero-order chi connectivity index (χ0) is 23.7. The molecule has 0 unspecified atom stereocenters. The van der Waals surface area contributed by atoms with Crippen LogP contribution in [0.1, 0.15) is 38.2 Å². The average Bonchev–Trinajstić information content (AvgIpc) is 3.25. The molecule has 1 radical (unpaired) electrons. The monoisotopic (exact) mass is 443 g/mol. The van der Waals surface area contributed by atoms with E-state index in [2.05, 4.69) is 5.32 Å². The molecule has 10 heteroatoms. The Bertz CT molecular complexity index is 831. The van der Waals surface area contributed by atoms with E-state index in [1.54, 1.807) is 6.29 Å². The first-order valence-corrected chi connectivity index (χ1v) is 10.7. The van der Waals surface area contributed by atoms with E-state index in [1.807, 2.05) is 30.3 Å². The van der Waals surface area contributed by atoms with Gasteiger partial charge < -0.3 is 21.7 Å². The normalized spacial score (nSPS) is 17.3. The van der Waals surface area contributed by atoms with Crippen LogP contribution in [0.15, 0.2) is 30.3 Å². The molecule has 1 heterocycles. The molecular formula is C22H31N6O4. The lowest BCUT2D eigenvalue weighted by Gasteiger charge is -2.32. The highest BCUT2D eigenvalue weighted by atomic mass is 16.2. The third-order valence-electron chi connectivity index (χ3n) is 5.43. The Kier molecular flexibility index (Phi) is 9.33. The van der Waals surface area contributed by atoms with E-state index in [0.717, 1.165) is 10.5 Å². The summed E-state index contributed by atoms with van der Waals surface area (Å²) in [5, 5.41) is 9.76. The highest BCUT2D eigenvalue weighted by molar-refractivity contribution is 6.01. The maximum absolute atomic E-state index is 13.2. The molecule has 0 bridgehead atoms. The summed E-state index contributed by atoms with van der Waals surface area (Å²) in [6.45, 7) is 1.88. The number of hydrogen-bond donors (Lipinski definition) is 4. The van der Waals surface area contributed by atoms with Crippen molar-refractivity contribution in [1.29, 1.82) is 5.41 Å². The third kappa shape index (κ3) is 6.61. The number of guanidine groups is 1. The van der Waals surface area contributed by atoms with Gasteiger partial charge in [-0.05, 0) is 37.7 Å². The second-order valence-electron chi connectivity index (χ2n) is 7.83. The molecule has 6 N–H and O–H groups in total. The zero-order valence-corrected chi connectivity index (χ0v) is 18.3. The summed E-state index contributed by atoms with van der Waals surface area (Å²) in [6.07, 6.45) is 3.66. The molecule has 0 aliphatic carbocycles. The smallest absolute Gasteiger partial charge is 0.252 e. The van der Waals surface area contributed by atoms with Crippen LogP contribution < -0.4 is 16.8 Å². The summed E-state index contributed by atoms with van der Waals surface area (Å²) < 4.78 is 0. The first-order chi connectivity index (χ1) is 15.3. The van der Waals surface area contributed by atoms with Gasteiger partial charge in [0.1, 0.15) is 12.1 Å². The Hall–Kier alpha value is -3.27. The Balaban J connectivity index is 2.09. The number of amides is 3. The number of nitrogens with zero attached hydrogens (tertiary/aromatic N) is 2. The van der Waals surface area contributed by atoms with Gasteiger partial charge in [0.25, 0.3) is 5.91 Å². The average molecular weight is 444 g/mol. The molecule has 0 aromatic heterocycles. The number of likely N-dealkylation sites (tertiary alicyclic amines) is 1. The predicted molar refractivity (Wildman–Crippen MR) is 119 cm³/mol. The van der Waals surface area contributed by atoms with Crippen LogP contribution in [-0.2, 0) is 25.6 Å². The minimum absolute atomic E-state index is 0.170. The Morgan fingerprint density at radius 2 is 2.00 bits per heavy atom. The maximum Gasteiger partial charge on any atom is 0.252 e. The highest BCUT2D eigenvalue weighted by Crippen LogP contribution is 2.22. The molecule has 3 atom stereocenters. The molecule has 10 nitrogen and oxygen atoms in total. The van der Waals surface area contributed by atoms with E-state index in [-0.39, 0.29) is 18.3 Å². The van der Waals surface area contributed by atoms with Crippen molar-refractivity contribution in [2.24, 2.45) is 11.5 Å². The first kappa shape index (κ1) is 25.0. The van der Waals surface area contributed by atoms with Gasteiger partial charge in [0, 0.05) is 20.0 Å². The molecule has 1 aliphatic rings. The molecular weight excluding hydrogens is 412 g/mol. The molecule has 0 spiro atoms. The van der Waals surface area contributed by atoms with Crippen molar-refractivity contribution in [2.75, 3.05) is 13.1 Å². The largest absolute Gasteiger partial charge is 0.370 e. The van der Waals surface area contributed by atoms with E-state index in [1.165, 1.54) is 11.8 Å². The van der Waals surface area contributed by atoms with Gasteiger partial charge in [-0.2, -0.15) is 0 Å². The van der Waals surface area contributed by atoms with Gasteiger partial charge in [0.2, 0.25) is 18.1 Å². The summed E-state index contributed by atoms with van der Waals surface area (Å²) >= 11 is 0. The van der Waals surface area contributed by atoms with Gasteiger partial charge in [-0.25, -0.2) is 0 Å². The lowest BCUT2D eigenvalue weighted by atomic mass is 10.0. The topological polar surface area (TPSA) is 163 Å². The van der Waals surface area contributed by atoms with Crippen LogP contribution in [0.3, 0.4) is 0 Å². The van der Waals surface area contributed by atoms with Gasteiger partial charge in [0.05, 0.1) is 6.04 Å². The van der Waals surface area contributed by atoms with Gasteiger partial charge in [-0.3, -0.25) is 29.5 Å². The molecule has 32 heavy (non-hydrogen) atoms. The van der Waals surface area contributed by atoms with Gasteiger partial charge in [0.15, 0.2) is 5.96 Å². The Labute approximate surface area is 187 Å². The fraction of sp³-hybridized carbons (Fsp3) is 0.500. The van der Waals surface area contributed by atoms with Crippen molar-refractivity contribution in [2.45, 2.75) is 57.2 Å². The van der Waals surface area contributed by atoms with Crippen LogP contribution in [0.2, 0.25) is 0 Å². The summed E-state index contributed by atoms with van der Waals surface area (Å²) in [4.78, 5) is 52.4. The van der Waals surface area contributed by atoms with Crippen molar-refractivity contribution >= 4 is 30.0 Å². The Morgan fingerprint density at radius 1 is 1.31 bits per heavy atom. The molecule has 1 fully saturated rings. The number of imide groups is 1. The first-order valence-electron chi connectivity index (χ1n) is 10.7. The van der Waals surface area contributed by atoms with E-state index >= 15 is 0 Å². The highest BCUT2D eigenvalue weighted by Gasteiger charge is 2.41. The lowest BCUT2D eigenvalue weighted by molar-refractivity contribution is -0.151. The number of carbonyl (C=O) groups is 3. The Morgan fingerprint density at radius 3 is 2.59 bits per heavy atom. The molecule has 2 rings (SSSR count). The number of benzene rings is 1. The quantitative estimate of drug-likeness (QED) is 0.218. The minimum Gasteiger partial charge on any atom is -0.370 e. The molecule has 0 saturated carbocycles. The SMILES string of the molecule is CC(=O)N(C(=O)[C@@H]1CCCN1C(=O)[C@H](N)Cc1ccccc1)[C@H]([C]=O)CCCNC(=N)N. The minimum atomic E-state index is -1.08. The zero-order valence-electron chi connectivity index (χ0n) is 18.3. The summed E-state index contributed by atoms with van der Waals surface area (Å²) in [6, 6.07) is 6.61. The number of hydrogen-bond acceptors (Lipinski definition) is 6. The van der Waals surface area contributed by atoms with Crippen LogP contribution in [0, 0.1) is 5.41 Å². The molecule has 173 valence electrons. The van der Waals surface area contributed by atoms with Crippen molar-refractivity contribution in [3.8, 4) is 0 Å². The van der Waals surface area contributed by atoms with Crippen molar-refractivity contribution in [3.05, 3.63) is 35.9 Å². The van der Waals surface area contributed by atoms with Crippen LogP contribution in [0.4, 0.5) is 0 Å². The lowest BCUT2D eigenvalue weighted by Crippen LogP contribution is -2.56. The molecule has 1 saturated heterocycles. The summed E-state index contributed by atoms with van der Waals surface area (Å²) in [5.41, 5.74) is 12.3. The maximum atomic E-state index is 13.2. The summed E-state index contributed by atoms with van der Waals surface area (Å²) in [7, 11) is 0. The van der Waals surface area contributed by atoms with Gasteiger partial charge >= 0.3 is 0 Å². The van der Waals surface area contributed by atoms with Crippen LogP contribution in [0.25, 0.3) is 0 Å². The third-order valence-corrected chi connectivity index (χ3v) is 5.43. The number of carbonyl (C=O) groups excluding carboxylic acids is 4. The fourth-order valence-corrected chi connectivity index (χ4v) is 3.90. The van der Waals surface area contributed by atoms with Crippen molar-refractivity contribution < 1.29 is 19.2 Å². The van der Waals surface area contributed by atoms with Crippen LogP contribution in [-0.4, -0.2) is 71.0 Å². The van der Waals surface area contributed by atoms with Crippen LogP contribution >= 0.6 is 0 Å². The number of nitrogens with two attached hydrogens (primary N) is 2.